The summed E-state index contributed by atoms with van der Waals surface area (Å²) < 4.78 is 10.7. The topological polar surface area (TPSA) is 98.3 Å². The van der Waals surface area contributed by atoms with Gasteiger partial charge in [-0.15, -0.1) is 0 Å². The van der Waals surface area contributed by atoms with Crippen molar-refractivity contribution >= 4 is 17.9 Å². The van der Waals surface area contributed by atoms with Crippen molar-refractivity contribution in [2.45, 2.75) is 53.1 Å². The second kappa shape index (κ2) is 9.70. The Morgan fingerprint density at radius 3 is 2.19 bits per heavy atom. The van der Waals surface area contributed by atoms with E-state index in [1.54, 1.807) is 31.2 Å². The molecule has 0 aliphatic carbocycles. The van der Waals surface area contributed by atoms with Crippen LogP contribution in [0.15, 0.2) is 24.3 Å². The van der Waals surface area contributed by atoms with Gasteiger partial charge in [0.25, 0.3) is 0 Å². The van der Waals surface area contributed by atoms with E-state index in [1.807, 2.05) is 20.8 Å². The Bertz CT molecular complexity index is 750. The predicted octanol–water partition coefficient (Wildman–Crippen LogP) is 3.87. The van der Waals surface area contributed by atoms with Crippen molar-refractivity contribution in [3.63, 3.8) is 0 Å². The molecular formula is C19H27N5O3. The predicted molar refractivity (Wildman–Crippen MR) is 104 cm³/mol. The quantitative estimate of drug-likeness (QED) is 0.639. The zero-order valence-corrected chi connectivity index (χ0v) is 16.4. The molecule has 0 amide bonds. The fourth-order valence-electron chi connectivity index (χ4n) is 2.09. The molecule has 1 heterocycles. The van der Waals surface area contributed by atoms with Crippen LogP contribution in [0.1, 0.15) is 51.4 Å². The van der Waals surface area contributed by atoms with Crippen LogP contribution in [-0.2, 0) is 4.74 Å². The Labute approximate surface area is 159 Å². The van der Waals surface area contributed by atoms with Crippen molar-refractivity contribution in [2.75, 3.05) is 17.2 Å². The first kappa shape index (κ1) is 20.4. The summed E-state index contributed by atoms with van der Waals surface area (Å²) in [5.74, 6) is 1.02. The summed E-state index contributed by atoms with van der Waals surface area (Å²) in [6.45, 7) is 10.2. The summed E-state index contributed by atoms with van der Waals surface area (Å²) >= 11 is 0. The van der Waals surface area contributed by atoms with E-state index >= 15 is 0 Å². The molecule has 0 spiro atoms. The van der Waals surface area contributed by atoms with Crippen LogP contribution in [0.2, 0.25) is 0 Å². The molecule has 0 aliphatic rings. The van der Waals surface area contributed by atoms with Crippen LogP contribution in [0.4, 0.5) is 11.9 Å². The molecule has 0 radical (unpaired) electrons. The first-order valence-electron chi connectivity index (χ1n) is 9.15. The van der Waals surface area contributed by atoms with Crippen molar-refractivity contribution in [2.24, 2.45) is 0 Å². The van der Waals surface area contributed by atoms with Gasteiger partial charge in [0.05, 0.1) is 12.2 Å². The summed E-state index contributed by atoms with van der Waals surface area (Å²) in [6, 6.07) is 7.18. The Kier molecular flexibility index (Phi) is 7.34. The van der Waals surface area contributed by atoms with Gasteiger partial charge < -0.3 is 20.1 Å². The largest absolute Gasteiger partial charge is 0.462 e. The zero-order valence-electron chi connectivity index (χ0n) is 16.4. The molecule has 0 bridgehead atoms. The Morgan fingerprint density at radius 1 is 1.00 bits per heavy atom. The van der Waals surface area contributed by atoms with Crippen LogP contribution in [0.3, 0.4) is 0 Å². The van der Waals surface area contributed by atoms with Crippen molar-refractivity contribution in [3.8, 4) is 11.8 Å². The average molecular weight is 373 g/mol. The summed E-state index contributed by atoms with van der Waals surface area (Å²) in [6.07, 6.45) is 0.935. The molecule has 8 heteroatoms. The van der Waals surface area contributed by atoms with Crippen molar-refractivity contribution in [1.29, 1.82) is 0 Å². The number of nitrogens with one attached hydrogen (secondary N) is 2. The van der Waals surface area contributed by atoms with E-state index in [0.717, 1.165) is 6.42 Å². The third kappa shape index (κ3) is 6.40. The highest BCUT2D eigenvalue weighted by Crippen LogP contribution is 2.21. The number of aromatic nitrogens is 3. The van der Waals surface area contributed by atoms with Gasteiger partial charge in [-0.1, -0.05) is 6.92 Å². The first-order valence-corrected chi connectivity index (χ1v) is 9.15. The zero-order chi connectivity index (χ0) is 19.8. The third-order valence-corrected chi connectivity index (χ3v) is 3.60. The van der Waals surface area contributed by atoms with Gasteiger partial charge in [-0.2, -0.15) is 15.0 Å². The molecule has 1 aromatic carbocycles. The van der Waals surface area contributed by atoms with Crippen LogP contribution < -0.4 is 15.4 Å². The molecule has 2 N–H and O–H groups in total. The molecule has 1 aromatic heterocycles. The van der Waals surface area contributed by atoms with Gasteiger partial charge in [-0.25, -0.2) is 4.79 Å². The summed E-state index contributed by atoms with van der Waals surface area (Å²) in [4.78, 5) is 24.7. The number of anilines is 2. The minimum Gasteiger partial charge on any atom is -0.462 e. The highest BCUT2D eigenvalue weighted by atomic mass is 16.5. The van der Waals surface area contributed by atoms with Gasteiger partial charge in [-0.05, 0) is 58.4 Å². The number of hydrogen-bond acceptors (Lipinski definition) is 8. The fraction of sp³-hybridized carbons (Fsp3) is 0.474. The number of hydrogen-bond donors (Lipinski definition) is 2. The molecule has 0 aliphatic heterocycles. The lowest BCUT2D eigenvalue weighted by Gasteiger charge is -2.14. The lowest BCUT2D eigenvalue weighted by molar-refractivity contribution is 0.0526. The number of nitrogens with zero attached hydrogens (tertiary/aromatic N) is 3. The number of carbonyl (C=O) groups excluding carboxylic acids is 1. The standard InChI is InChI=1S/C19H27N5O3/c1-6-13(5)21-18-22-17(20-12(3)4)23-19(24-18)27-15-10-8-14(9-11-15)16(25)26-7-2/h8-13H,6-7H2,1-5H3,(H2,20,21,22,23,24)/t13-/m0/s1. The van der Waals surface area contributed by atoms with Crippen molar-refractivity contribution < 1.29 is 14.3 Å². The van der Waals surface area contributed by atoms with Crippen molar-refractivity contribution in [3.05, 3.63) is 29.8 Å². The van der Waals surface area contributed by atoms with Gasteiger partial charge in [0.2, 0.25) is 11.9 Å². The molecular weight excluding hydrogens is 346 g/mol. The molecule has 0 saturated heterocycles. The highest BCUT2D eigenvalue weighted by Gasteiger charge is 2.12. The molecule has 8 nitrogen and oxygen atoms in total. The summed E-state index contributed by atoms with van der Waals surface area (Å²) in [5, 5.41) is 6.38. The summed E-state index contributed by atoms with van der Waals surface area (Å²) in [5.41, 5.74) is 0.459. The van der Waals surface area contributed by atoms with E-state index in [-0.39, 0.29) is 24.1 Å². The molecule has 0 fully saturated rings. The lowest BCUT2D eigenvalue weighted by Crippen LogP contribution is -2.19. The molecule has 0 unspecified atom stereocenters. The van der Waals surface area contributed by atoms with E-state index in [9.17, 15) is 4.79 Å². The maximum Gasteiger partial charge on any atom is 0.338 e. The van der Waals surface area contributed by atoms with Gasteiger partial charge >= 0.3 is 12.0 Å². The number of ether oxygens (including phenoxy) is 2. The lowest BCUT2D eigenvalue weighted by atomic mass is 10.2. The third-order valence-electron chi connectivity index (χ3n) is 3.60. The minimum absolute atomic E-state index is 0.167. The molecule has 27 heavy (non-hydrogen) atoms. The highest BCUT2D eigenvalue weighted by molar-refractivity contribution is 5.89. The molecule has 1 atom stereocenters. The minimum atomic E-state index is -0.368. The van der Waals surface area contributed by atoms with Crippen LogP contribution in [0.25, 0.3) is 0 Å². The van der Waals surface area contributed by atoms with Crippen LogP contribution >= 0.6 is 0 Å². The van der Waals surface area contributed by atoms with E-state index in [1.165, 1.54) is 0 Å². The van der Waals surface area contributed by atoms with Gasteiger partial charge in [0.1, 0.15) is 5.75 Å². The molecule has 2 aromatic rings. The number of esters is 1. The smallest absolute Gasteiger partial charge is 0.338 e. The maximum atomic E-state index is 11.7. The van der Waals surface area contributed by atoms with Crippen LogP contribution in [-0.4, -0.2) is 39.6 Å². The summed E-state index contributed by atoms with van der Waals surface area (Å²) in [7, 11) is 0. The van der Waals surface area contributed by atoms with Crippen molar-refractivity contribution in [1.82, 2.24) is 15.0 Å². The van der Waals surface area contributed by atoms with Crippen LogP contribution in [0, 0.1) is 0 Å². The van der Waals surface area contributed by atoms with Gasteiger partial charge in [0, 0.05) is 12.1 Å². The molecule has 2 rings (SSSR count). The SMILES string of the molecule is CCOC(=O)c1ccc(Oc2nc(NC(C)C)nc(N[C@@H](C)CC)n2)cc1. The first-order chi connectivity index (χ1) is 12.9. The molecule has 146 valence electrons. The Balaban J connectivity index is 2.20. The second-order valence-electron chi connectivity index (χ2n) is 6.36. The monoisotopic (exact) mass is 373 g/mol. The number of benzene rings is 1. The maximum absolute atomic E-state index is 11.7. The van der Waals surface area contributed by atoms with E-state index in [4.69, 9.17) is 9.47 Å². The van der Waals surface area contributed by atoms with E-state index in [2.05, 4.69) is 32.5 Å². The molecule has 0 saturated carbocycles. The van der Waals surface area contributed by atoms with E-state index in [0.29, 0.717) is 29.8 Å². The van der Waals surface area contributed by atoms with Gasteiger partial charge in [0.15, 0.2) is 0 Å². The Morgan fingerprint density at radius 2 is 1.63 bits per heavy atom. The normalized spacial score (nSPS) is 11.8. The number of carbonyl (C=O) groups is 1. The average Bonchev–Trinajstić information content (AvgIpc) is 2.61. The second-order valence-corrected chi connectivity index (χ2v) is 6.36. The van der Waals surface area contributed by atoms with Crippen LogP contribution in [0.5, 0.6) is 11.8 Å². The Hall–Kier alpha value is -2.90. The van der Waals surface area contributed by atoms with Gasteiger partial charge in [-0.3, -0.25) is 0 Å². The number of rotatable bonds is 9. The fourth-order valence-corrected chi connectivity index (χ4v) is 2.09. The van der Waals surface area contributed by atoms with E-state index < -0.39 is 0 Å².